The Morgan fingerprint density at radius 2 is 2.14 bits per heavy atom. The first-order chi connectivity index (χ1) is 10.4. The van der Waals surface area contributed by atoms with E-state index in [0.717, 1.165) is 0 Å². The van der Waals surface area contributed by atoms with E-state index in [1.165, 1.54) is 17.6 Å². The molecule has 1 aromatic heterocycles. The van der Waals surface area contributed by atoms with Gasteiger partial charge < -0.3 is 15.4 Å². The van der Waals surface area contributed by atoms with E-state index in [1.54, 1.807) is 5.51 Å². The third-order valence-electron chi connectivity index (χ3n) is 3.88. The summed E-state index contributed by atoms with van der Waals surface area (Å²) in [5, 5.41) is 6.50. The molecule has 0 spiro atoms. The van der Waals surface area contributed by atoms with Gasteiger partial charge in [0.2, 0.25) is 0 Å². The molecule has 22 heavy (non-hydrogen) atoms. The molecule has 1 aromatic rings. The number of ether oxygens (including phenoxy) is 1. The van der Waals surface area contributed by atoms with Gasteiger partial charge in [-0.1, -0.05) is 0 Å². The summed E-state index contributed by atoms with van der Waals surface area (Å²) in [6, 6.07) is 0. The summed E-state index contributed by atoms with van der Waals surface area (Å²) in [7, 11) is -3.30. The molecular weight excluding hydrogens is 326 g/mol. The molecule has 0 atom stereocenters. The van der Waals surface area contributed by atoms with Crippen LogP contribution in [0.2, 0.25) is 0 Å². The van der Waals surface area contributed by atoms with E-state index in [1.807, 2.05) is 6.92 Å². The summed E-state index contributed by atoms with van der Waals surface area (Å²) < 4.78 is 28.6. The van der Waals surface area contributed by atoms with Crippen molar-refractivity contribution in [3.05, 3.63) is 11.2 Å². The van der Waals surface area contributed by atoms with Crippen LogP contribution in [0.25, 0.3) is 0 Å². The maximum absolute atomic E-state index is 12.3. The Bertz CT molecular complexity index is 621. The zero-order valence-corrected chi connectivity index (χ0v) is 14.3. The van der Waals surface area contributed by atoms with Gasteiger partial charge in [-0.25, -0.2) is 13.4 Å². The number of aromatic nitrogens is 1. The van der Waals surface area contributed by atoms with Crippen molar-refractivity contribution in [1.29, 1.82) is 0 Å². The van der Waals surface area contributed by atoms with Gasteiger partial charge in [0.15, 0.2) is 15.5 Å². The summed E-state index contributed by atoms with van der Waals surface area (Å²) in [5.41, 5.74) is 1.90. The molecule has 0 radical (unpaired) electrons. The number of carbonyl (C=O) groups excluding carboxylic acids is 1. The largest absolute Gasteiger partial charge is 0.381 e. The van der Waals surface area contributed by atoms with Gasteiger partial charge in [-0.05, 0) is 19.8 Å². The second-order valence-electron chi connectivity index (χ2n) is 5.31. The Balaban J connectivity index is 2.09. The number of amides is 1. The third kappa shape index (κ3) is 3.58. The summed E-state index contributed by atoms with van der Waals surface area (Å²) in [6.45, 7) is 3.48. The molecule has 0 bridgehead atoms. The summed E-state index contributed by atoms with van der Waals surface area (Å²) in [4.78, 5) is 16.3. The first-order valence-electron chi connectivity index (χ1n) is 7.12. The molecule has 0 aromatic carbocycles. The molecule has 0 unspecified atom stereocenters. The van der Waals surface area contributed by atoms with E-state index in [2.05, 4.69) is 15.6 Å². The number of hydrogen-bond donors (Lipinski definition) is 2. The molecule has 2 rings (SSSR count). The summed E-state index contributed by atoms with van der Waals surface area (Å²) in [5.74, 6) is -0.355. The van der Waals surface area contributed by atoms with Crippen LogP contribution in [-0.4, -0.2) is 56.6 Å². The van der Waals surface area contributed by atoms with Gasteiger partial charge in [0, 0.05) is 32.6 Å². The molecule has 2 heterocycles. The number of hydrogen-bond acceptors (Lipinski definition) is 7. The highest BCUT2D eigenvalue weighted by molar-refractivity contribution is 7.92. The van der Waals surface area contributed by atoms with Crippen molar-refractivity contribution in [3.8, 4) is 0 Å². The lowest BCUT2D eigenvalue weighted by molar-refractivity contribution is 0.0718. The van der Waals surface area contributed by atoms with Crippen LogP contribution < -0.4 is 10.6 Å². The van der Waals surface area contributed by atoms with Crippen LogP contribution in [-0.2, 0) is 14.6 Å². The minimum Gasteiger partial charge on any atom is -0.381 e. The highest BCUT2D eigenvalue weighted by atomic mass is 32.2. The van der Waals surface area contributed by atoms with Crippen molar-refractivity contribution in [1.82, 2.24) is 10.3 Å². The molecule has 124 valence electrons. The highest BCUT2D eigenvalue weighted by Gasteiger charge is 2.42. The van der Waals surface area contributed by atoms with Crippen molar-refractivity contribution >= 4 is 32.1 Å². The SMILES string of the molecule is CCNc1scnc1C(=O)NCC1(S(C)(=O)=O)CCOCC1. The quantitative estimate of drug-likeness (QED) is 0.793. The fourth-order valence-electron chi connectivity index (χ4n) is 2.44. The smallest absolute Gasteiger partial charge is 0.273 e. The zero-order chi connectivity index (χ0) is 16.2. The minimum atomic E-state index is -3.30. The van der Waals surface area contributed by atoms with Gasteiger partial charge in [-0.15, -0.1) is 11.3 Å². The average Bonchev–Trinajstić information content (AvgIpc) is 2.93. The van der Waals surface area contributed by atoms with E-state index < -0.39 is 14.6 Å². The molecule has 1 saturated heterocycles. The van der Waals surface area contributed by atoms with Crippen molar-refractivity contribution in [2.45, 2.75) is 24.5 Å². The van der Waals surface area contributed by atoms with E-state index in [9.17, 15) is 13.2 Å². The van der Waals surface area contributed by atoms with Crippen molar-refractivity contribution in [2.75, 3.05) is 37.9 Å². The standard InChI is InChI=1S/C13H21N3O4S2/c1-3-14-12-10(16-9-21-12)11(17)15-8-13(22(2,18)19)4-6-20-7-5-13/h9,14H,3-8H2,1-2H3,(H,15,17). The van der Waals surface area contributed by atoms with Gasteiger partial charge in [0.25, 0.3) is 5.91 Å². The maximum Gasteiger partial charge on any atom is 0.273 e. The molecule has 1 amide bonds. The van der Waals surface area contributed by atoms with Crippen LogP contribution in [0.4, 0.5) is 5.00 Å². The van der Waals surface area contributed by atoms with Crippen molar-refractivity contribution in [2.24, 2.45) is 0 Å². The number of nitrogens with one attached hydrogen (secondary N) is 2. The number of carbonyl (C=O) groups is 1. The number of rotatable bonds is 6. The fraction of sp³-hybridized carbons (Fsp3) is 0.692. The minimum absolute atomic E-state index is 0.0805. The van der Waals surface area contributed by atoms with Crippen LogP contribution in [0.1, 0.15) is 30.3 Å². The molecule has 1 aliphatic heterocycles. The topological polar surface area (TPSA) is 97.4 Å². The second-order valence-corrected chi connectivity index (χ2v) is 8.58. The Morgan fingerprint density at radius 3 is 2.73 bits per heavy atom. The molecule has 1 aliphatic rings. The molecule has 0 saturated carbocycles. The van der Waals surface area contributed by atoms with E-state index in [-0.39, 0.29) is 12.5 Å². The van der Waals surface area contributed by atoms with E-state index >= 15 is 0 Å². The lowest BCUT2D eigenvalue weighted by atomic mass is 9.99. The number of nitrogens with zero attached hydrogens (tertiary/aromatic N) is 1. The van der Waals surface area contributed by atoms with E-state index in [4.69, 9.17) is 4.74 Å². The summed E-state index contributed by atoms with van der Waals surface area (Å²) >= 11 is 1.35. The van der Waals surface area contributed by atoms with Gasteiger partial charge >= 0.3 is 0 Å². The van der Waals surface area contributed by atoms with Crippen molar-refractivity contribution < 1.29 is 17.9 Å². The zero-order valence-electron chi connectivity index (χ0n) is 12.7. The highest BCUT2D eigenvalue weighted by Crippen LogP contribution is 2.29. The first kappa shape index (κ1) is 17.2. The van der Waals surface area contributed by atoms with Crippen molar-refractivity contribution in [3.63, 3.8) is 0 Å². The van der Waals surface area contributed by atoms with Gasteiger partial charge in [0.1, 0.15) is 5.00 Å². The fourth-order valence-corrected chi connectivity index (χ4v) is 4.43. The third-order valence-corrected chi connectivity index (χ3v) is 6.79. The number of thiazole rings is 1. The van der Waals surface area contributed by atoms with Crippen LogP contribution in [0.15, 0.2) is 5.51 Å². The number of sulfone groups is 1. The lowest BCUT2D eigenvalue weighted by Gasteiger charge is -2.35. The molecule has 7 nitrogen and oxygen atoms in total. The van der Waals surface area contributed by atoms with Crippen LogP contribution in [0, 0.1) is 0 Å². The van der Waals surface area contributed by atoms with Gasteiger partial charge in [-0.2, -0.15) is 0 Å². The van der Waals surface area contributed by atoms with Gasteiger partial charge in [0.05, 0.1) is 10.3 Å². The molecule has 1 fully saturated rings. The van der Waals surface area contributed by atoms with E-state index in [0.29, 0.717) is 43.3 Å². The maximum atomic E-state index is 12.3. The normalized spacial score (nSPS) is 17.9. The predicted molar refractivity (Wildman–Crippen MR) is 86.2 cm³/mol. The van der Waals surface area contributed by atoms with Crippen LogP contribution >= 0.6 is 11.3 Å². The first-order valence-corrected chi connectivity index (χ1v) is 9.89. The Kier molecular flexibility index (Phi) is 5.41. The van der Waals surface area contributed by atoms with Crippen LogP contribution in [0.5, 0.6) is 0 Å². The summed E-state index contributed by atoms with van der Waals surface area (Å²) in [6.07, 6.45) is 2.00. The Hall–Kier alpha value is -1.19. The monoisotopic (exact) mass is 347 g/mol. The number of anilines is 1. The second kappa shape index (κ2) is 6.93. The Morgan fingerprint density at radius 1 is 1.45 bits per heavy atom. The van der Waals surface area contributed by atoms with Gasteiger partial charge in [-0.3, -0.25) is 4.79 Å². The predicted octanol–water partition coefficient (Wildman–Crippen LogP) is 0.898. The Labute approximate surface area is 134 Å². The average molecular weight is 347 g/mol. The molecule has 9 heteroatoms. The lowest BCUT2D eigenvalue weighted by Crippen LogP contribution is -2.51. The molecule has 0 aliphatic carbocycles. The van der Waals surface area contributed by atoms with Crippen LogP contribution in [0.3, 0.4) is 0 Å². The molecular formula is C13H21N3O4S2. The molecule has 2 N–H and O–H groups in total.